The molecule has 0 atom stereocenters. The topological polar surface area (TPSA) is 65.0 Å². The Morgan fingerprint density at radius 2 is 1.30 bits per heavy atom. The van der Waals surface area contributed by atoms with Crippen molar-refractivity contribution in [3.05, 3.63) is 51.4 Å². The molecule has 0 saturated carbocycles. The van der Waals surface area contributed by atoms with E-state index in [1.807, 2.05) is 26.1 Å². The van der Waals surface area contributed by atoms with Gasteiger partial charge in [0.05, 0.1) is 16.9 Å². The maximum Gasteiger partial charge on any atom is 0.194 e. The molecule has 3 aromatic rings. The van der Waals surface area contributed by atoms with E-state index in [4.69, 9.17) is 8.94 Å². The zero-order chi connectivity index (χ0) is 25.4. The van der Waals surface area contributed by atoms with Crippen molar-refractivity contribution in [1.29, 1.82) is 0 Å². The normalized spacial score (nSPS) is 12.0. The van der Waals surface area contributed by atoms with Gasteiger partial charge in [0.1, 0.15) is 11.5 Å². The van der Waals surface area contributed by atoms with Crippen molar-refractivity contribution in [2.45, 2.75) is 102 Å². The summed E-state index contributed by atoms with van der Waals surface area (Å²) >= 11 is 1.80. The Balaban J connectivity index is 0.000000247. The van der Waals surface area contributed by atoms with Crippen LogP contribution in [-0.2, 0) is 19.3 Å². The molecule has 5 nitrogen and oxygen atoms in total. The lowest BCUT2D eigenvalue weighted by molar-refractivity contribution is 0.349. The van der Waals surface area contributed by atoms with E-state index in [1.165, 1.54) is 9.88 Å². The number of aryl methyl sites for hydroxylation is 3. The first-order valence-electron chi connectivity index (χ1n) is 11.7. The third-order valence-corrected chi connectivity index (χ3v) is 5.00. The average molecular weight is 476 g/mol. The second-order valence-corrected chi connectivity index (χ2v) is 13.7. The highest BCUT2D eigenvalue weighted by Gasteiger charge is 2.15. The van der Waals surface area contributed by atoms with Crippen LogP contribution in [0.1, 0.15) is 95.3 Å². The number of hydrogen-bond donors (Lipinski definition) is 0. The first kappa shape index (κ1) is 29.1. The van der Waals surface area contributed by atoms with E-state index in [9.17, 15) is 0 Å². The van der Waals surface area contributed by atoms with Crippen LogP contribution in [0.3, 0.4) is 0 Å². The van der Waals surface area contributed by atoms with E-state index in [-0.39, 0.29) is 5.41 Å². The molecule has 0 unspecified atom stereocenters. The van der Waals surface area contributed by atoms with Crippen molar-refractivity contribution >= 4 is 11.3 Å². The standard InChI is InChI=1S/2C9H15NO.C9H15NS/c1-7-6-10-8(11-7)5-9(2,3)4;1-7-5-8(10-11-7)6-9(2,3)4;1-7-6-10-8(11-7)5-9(2,3)4/h6H,5H2,1-4H3;5H,6H2,1-4H3;6H,5H2,1-4H3. The van der Waals surface area contributed by atoms with Crippen LogP contribution >= 0.6 is 11.3 Å². The predicted octanol–water partition coefficient (Wildman–Crippen LogP) is 8.18. The van der Waals surface area contributed by atoms with Gasteiger partial charge in [-0.3, -0.25) is 0 Å². The highest BCUT2D eigenvalue weighted by Crippen LogP contribution is 2.23. The fourth-order valence-electron chi connectivity index (χ4n) is 2.92. The summed E-state index contributed by atoms with van der Waals surface area (Å²) in [6, 6.07) is 1.99. The van der Waals surface area contributed by atoms with Gasteiger partial charge < -0.3 is 8.94 Å². The largest absolute Gasteiger partial charge is 0.446 e. The lowest BCUT2D eigenvalue weighted by Gasteiger charge is -2.15. The third kappa shape index (κ3) is 14.7. The van der Waals surface area contributed by atoms with Crippen LogP contribution in [0.5, 0.6) is 0 Å². The Kier molecular flexibility index (Phi) is 10.5. The number of aromatic nitrogens is 3. The molecule has 0 fully saturated rings. The lowest BCUT2D eigenvalue weighted by Crippen LogP contribution is -2.09. The van der Waals surface area contributed by atoms with Gasteiger partial charge in [-0.15, -0.1) is 11.3 Å². The number of hydrogen-bond acceptors (Lipinski definition) is 6. The van der Waals surface area contributed by atoms with Crippen LogP contribution < -0.4 is 0 Å². The molecule has 6 heteroatoms. The van der Waals surface area contributed by atoms with Crippen LogP contribution in [0.25, 0.3) is 0 Å². The molecule has 186 valence electrons. The molecule has 0 aliphatic rings. The van der Waals surface area contributed by atoms with Gasteiger partial charge in [-0.1, -0.05) is 67.5 Å². The molecule has 0 aromatic carbocycles. The van der Waals surface area contributed by atoms with E-state index in [2.05, 4.69) is 84.4 Å². The van der Waals surface area contributed by atoms with E-state index in [0.29, 0.717) is 10.8 Å². The summed E-state index contributed by atoms with van der Waals surface area (Å²) in [7, 11) is 0. The van der Waals surface area contributed by atoms with Gasteiger partial charge in [-0.2, -0.15) is 0 Å². The molecule has 3 rings (SSSR count). The number of oxazole rings is 1. The SMILES string of the molecule is Cc1cc(CC(C)(C)C)no1.Cc1cnc(CC(C)(C)C)o1.Cc1cnc(CC(C)(C)C)s1. The second kappa shape index (κ2) is 12.0. The summed E-state index contributed by atoms with van der Waals surface area (Å²) in [5.74, 6) is 2.63. The van der Waals surface area contributed by atoms with E-state index >= 15 is 0 Å². The quantitative estimate of drug-likeness (QED) is 0.382. The minimum atomic E-state index is 0.261. The lowest BCUT2D eigenvalue weighted by atomic mass is 9.91. The van der Waals surface area contributed by atoms with Gasteiger partial charge in [-0.05, 0) is 43.4 Å². The monoisotopic (exact) mass is 475 g/mol. The smallest absolute Gasteiger partial charge is 0.194 e. The summed E-state index contributed by atoms with van der Waals surface area (Å²) in [5, 5.41) is 5.19. The second-order valence-electron chi connectivity index (χ2n) is 12.4. The Labute approximate surface area is 205 Å². The van der Waals surface area contributed by atoms with Crippen molar-refractivity contribution in [2.75, 3.05) is 0 Å². The van der Waals surface area contributed by atoms with Crippen molar-refractivity contribution < 1.29 is 8.94 Å². The van der Waals surface area contributed by atoms with E-state index < -0.39 is 0 Å². The summed E-state index contributed by atoms with van der Waals surface area (Å²) in [6.07, 6.45) is 6.68. The summed E-state index contributed by atoms with van der Waals surface area (Å²) in [4.78, 5) is 9.76. The van der Waals surface area contributed by atoms with Crippen LogP contribution in [-0.4, -0.2) is 15.1 Å². The molecule has 0 aliphatic carbocycles. The Hall–Kier alpha value is -1.95. The summed E-state index contributed by atoms with van der Waals surface area (Å²) in [5.41, 5.74) is 1.97. The molecule has 0 amide bonds. The first-order chi connectivity index (χ1) is 14.9. The highest BCUT2D eigenvalue weighted by atomic mass is 32.1. The van der Waals surface area contributed by atoms with Crippen LogP contribution in [0, 0.1) is 37.0 Å². The molecule has 0 N–H and O–H groups in total. The molecule has 33 heavy (non-hydrogen) atoms. The van der Waals surface area contributed by atoms with Gasteiger partial charge >= 0.3 is 0 Å². The Morgan fingerprint density at radius 3 is 1.67 bits per heavy atom. The minimum Gasteiger partial charge on any atom is -0.446 e. The van der Waals surface area contributed by atoms with Gasteiger partial charge in [-0.25, -0.2) is 9.97 Å². The van der Waals surface area contributed by atoms with E-state index in [0.717, 1.165) is 42.4 Å². The van der Waals surface area contributed by atoms with Crippen LogP contribution in [0.4, 0.5) is 0 Å². The van der Waals surface area contributed by atoms with Crippen molar-refractivity contribution in [3.8, 4) is 0 Å². The number of thiazole rings is 1. The summed E-state index contributed by atoms with van der Waals surface area (Å²) < 4.78 is 10.3. The molecule has 3 aromatic heterocycles. The van der Waals surface area contributed by atoms with Crippen LogP contribution in [0.2, 0.25) is 0 Å². The summed E-state index contributed by atoms with van der Waals surface area (Å²) in [6.45, 7) is 25.7. The maximum absolute atomic E-state index is 5.35. The van der Waals surface area contributed by atoms with Crippen molar-refractivity contribution in [1.82, 2.24) is 15.1 Å². The van der Waals surface area contributed by atoms with E-state index in [1.54, 1.807) is 17.5 Å². The van der Waals surface area contributed by atoms with Gasteiger partial charge in [0, 0.05) is 30.0 Å². The molecular formula is C27H45N3O2S. The number of nitrogens with zero attached hydrogens (tertiary/aromatic N) is 3. The first-order valence-corrected chi connectivity index (χ1v) is 12.5. The zero-order valence-electron chi connectivity index (χ0n) is 22.9. The van der Waals surface area contributed by atoms with Crippen molar-refractivity contribution in [3.63, 3.8) is 0 Å². The Morgan fingerprint density at radius 1 is 0.727 bits per heavy atom. The molecule has 0 radical (unpaired) electrons. The highest BCUT2D eigenvalue weighted by molar-refractivity contribution is 7.11. The Bertz CT molecular complexity index is 823. The maximum atomic E-state index is 5.35. The van der Waals surface area contributed by atoms with Crippen molar-refractivity contribution in [2.24, 2.45) is 16.2 Å². The molecule has 0 bridgehead atoms. The molecular weight excluding hydrogens is 430 g/mol. The van der Waals surface area contributed by atoms with Gasteiger partial charge in [0.2, 0.25) is 0 Å². The third-order valence-electron chi connectivity index (χ3n) is 4.09. The number of rotatable bonds is 3. The van der Waals surface area contributed by atoms with Gasteiger partial charge in [0.25, 0.3) is 0 Å². The molecule has 3 heterocycles. The molecule has 0 spiro atoms. The molecule has 0 saturated heterocycles. The van der Waals surface area contributed by atoms with Gasteiger partial charge in [0.15, 0.2) is 5.89 Å². The predicted molar refractivity (Wildman–Crippen MR) is 139 cm³/mol. The fourth-order valence-corrected chi connectivity index (χ4v) is 4.01. The fraction of sp³-hybridized carbons (Fsp3) is 0.667. The molecule has 0 aliphatic heterocycles. The zero-order valence-corrected chi connectivity index (χ0v) is 23.7. The van der Waals surface area contributed by atoms with Crippen LogP contribution in [0.15, 0.2) is 27.4 Å². The average Bonchev–Trinajstić information content (AvgIpc) is 3.28. The minimum absolute atomic E-state index is 0.261.